The van der Waals surface area contributed by atoms with Crippen LogP contribution in [-0.2, 0) is 4.79 Å². The van der Waals surface area contributed by atoms with E-state index >= 15 is 0 Å². The number of aliphatic carboxylic acids is 1. The number of ketones is 1. The second-order valence-electron chi connectivity index (χ2n) is 4.79. The molecule has 0 aromatic heterocycles. The fourth-order valence-corrected chi connectivity index (χ4v) is 1.98. The number of carbonyl (C=O) groups is 2. The lowest BCUT2D eigenvalue weighted by Gasteiger charge is -2.14. The Morgan fingerprint density at radius 1 is 1.05 bits per heavy atom. The molecule has 1 rings (SSSR count). The third-order valence-electron chi connectivity index (χ3n) is 2.82. The average Bonchev–Trinajstić information content (AvgIpc) is 2.49. The van der Waals surface area contributed by atoms with E-state index in [2.05, 4.69) is 0 Å². The van der Waals surface area contributed by atoms with Gasteiger partial charge in [0.15, 0.2) is 5.78 Å². The summed E-state index contributed by atoms with van der Waals surface area (Å²) < 4.78 is 11.1. The summed E-state index contributed by atoms with van der Waals surface area (Å²) in [5.41, 5.74) is 0.295. The number of Topliss-reactive ketones (excluding diaryl/α,β-unsaturated/α-hetero) is 1. The zero-order valence-electron chi connectivity index (χ0n) is 12.9. The van der Waals surface area contributed by atoms with Gasteiger partial charge in [0, 0.05) is 12.5 Å². The molecule has 0 heterocycles. The monoisotopic (exact) mass is 328 g/mol. The number of hydrogen-bond acceptors (Lipinski definition) is 4. The predicted molar refractivity (Wildman–Crippen MR) is 84.2 cm³/mol. The van der Waals surface area contributed by atoms with Gasteiger partial charge in [-0.05, 0) is 18.9 Å². The molecule has 6 heteroatoms. The third kappa shape index (κ3) is 5.56. The molecule has 22 heavy (non-hydrogen) atoms. The summed E-state index contributed by atoms with van der Waals surface area (Å²) in [7, 11) is 0. The number of hydrogen-bond donors (Lipinski definition) is 1. The minimum atomic E-state index is -1.02. The molecule has 0 aliphatic rings. The van der Waals surface area contributed by atoms with Gasteiger partial charge in [-0.1, -0.05) is 25.4 Å². The molecule has 0 aliphatic heterocycles. The molecular formula is C16H21ClO5. The van der Waals surface area contributed by atoms with Gasteiger partial charge in [-0.25, -0.2) is 0 Å². The smallest absolute Gasteiger partial charge is 0.303 e. The highest BCUT2D eigenvalue weighted by Crippen LogP contribution is 2.34. The number of carboxylic acids is 1. The lowest BCUT2D eigenvalue weighted by atomic mass is 10.1. The molecule has 1 aromatic rings. The summed E-state index contributed by atoms with van der Waals surface area (Å²) in [6, 6.07) is 3.09. The van der Waals surface area contributed by atoms with Crippen molar-refractivity contribution in [3.8, 4) is 11.5 Å². The number of rotatable bonds is 10. The fourth-order valence-electron chi connectivity index (χ4n) is 1.76. The van der Waals surface area contributed by atoms with Crippen molar-refractivity contribution in [2.75, 3.05) is 13.2 Å². The minimum Gasteiger partial charge on any atom is -0.493 e. The fraction of sp³-hybridized carbons (Fsp3) is 0.500. The number of carbonyl (C=O) groups excluding carboxylic acids is 1. The van der Waals surface area contributed by atoms with E-state index in [0.29, 0.717) is 35.3 Å². The van der Waals surface area contributed by atoms with Crippen LogP contribution in [0.3, 0.4) is 0 Å². The maximum atomic E-state index is 12.2. The maximum Gasteiger partial charge on any atom is 0.303 e. The number of carboxylic acid groups (broad SMARTS) is 1. The van der Waals surface area contributed by atoms with Crippen molar-refractivity contribution in [2.45, 2.75) is 39.5 Å². The van der Waals surface area contributed by atoms with Crippen molar-refractivity contribution in [2.24, 2.45) is 0 Å². The summed E-state index contributed by atoms with van der Waals surface area (Å²) in [6.07, 6.45) is 1.30. The van der Waals surface area contributed by atoms with Crippen molar-refractivity contribution in [3.05, 3.63) is 22.7 Å². The first-order valence-corrected chi connectivity index (χ1v) is 7.71. The van der Waals surface area contributed by atoms with Crippen LogP contribution in [0.4, 0.5) is 0 Å². The zero-order chi connectivity index (χ0) is 16.5. The molecule has 0 radical (unpaired) electrons. The Morgan fingerprint density at radius 3 is 2.18 bits per heavy atom. The van der Waals surface area contributed by atoms with E-state index in [1.807, 2.05) is 13.8 Å². The van der Waals surface area contributed by atoms with E-state index in [1.54, 1.807) is 6.07 Å². The highest BCUT2D eigenvalue weighted by atomic mass is 35.5. The van der Waals surface area contributed by atoms with E-state index in [9.17, 15) is 9.59 Å². The second kappa shape index (κ2) is 9.30. The zero-order valence-corrected chi connectivity index (χ0v) is 13.6. The third-order valence-corrected chi connectivity index (χ3v) is 3.12. The van der Waals surface area contributed by atoms with E-state index in [-0.39, 0.29) is 18.6 Å². The quantitative estimate of drug-likeness (QED) is 0.658. The number of benzene rings is 1. The average molecular weight is 329 g/mol. The van der Waals surface area contributed by atoms with E-state index in [0.717, 1.165) is 12.8 Å². The molecule has 0 unspecified atom stereocenters. The Bertz CT molecular complexity index is 528. The van der Waals surface area contributed by atoms with Crippen LogP contribution in [0, 0.1) is 0 Å². The molecule has 5 nitrogen and oxygen atoms in total. The number of halogens is 1. The molecule has 1 N–H and O–H groups in total. The second-order valence-corrected chi connectivity index (χ2v) is 5.20. The lowest BCUT2D eigenvalue weighted by molar-refractivity contribution is -0.136. The van der Waals surface area contributed by atoms with Crippen LogP contribution in [-0.4, -0.2) is 30.1 Å². The maximum absolute atomic E-state index is 12.2. The Morgan fingerprint density at radius 2 is 1.64 bits per heavy atom. The molecule has 0 saturated heterocycles. The van der Waals surface area contributed by atoms with Crippen LogP contribution in [0.25, 0.3) is 0 Å². The van der Waals surface area contributed by atoms with Crippen LogP contribution in [0.2, 0.25) is 5.02 Å². The van der Waals surface area contributed by atoms with Crippen LogP contribution in [0.1, 0.15) is 49.9 Å². The SMILES string of the molecule is CCCOc1cc(OCCC)c(C(=O)CCC(=O)O)cc1Cl. The van der Waals surface area contributed by atoms with Crippen LogP contribution in [0.5, 0.6) is 11.5 Å². The largest absolute Gasteiger partial charge is 0.493 e. The van der Waals surface area contributed by atoms with Gasteiger partial charge in [0.1, 0.15) is 11.5 Å². The van der Waals surface area contributed by atoms with Crippen LogP contribution >= 0.6 is 11.6 Å². The summed E-state index contributed by atoms with van der Waals surface area (Å²) in [6.45, 7) is 4.90. The highest BCUT2D eigenvalue weighted by Gasteiger charge is 2.18. The van der Waals surface area contributed by atoms with Crippen molar-refractivity contribution in [1.29, 1.82) is 0 Å². The standard InChI is InChI=1S/C16H21ClO5/c1-3-7-21-14-10-15(22-8-4-2)12(17)9-11(14)13(18)5-6-16(19)20/h9-10H,3-8H2,1-2H3,(H,19,20). The lowest BCUT2D eigenvalue weighted by Crippen LogP contribution is -2.08. The molecule has 0 saturated carbocycles. The highest BCUT2D eigenvalue weighted by molar-refractivity contribution is 6.32. The van der Waals surface area contributed by atoms with E-state index in [4.69, 9.17) is 26.2 Å². The Kier molecular flexibility index (Phi) is 7.74. The van der Waals surface area contributed by atoms with Crippen molar-refractivity contribution in [3.63, 3.8) is 0 Å². The van der Waals surface area contributed by atoms with Gasteiger partial charge in [0.05, 0.1) is 30.2 Å². The Labute approximate surface area is 135 Å². The summed E-state index contributed by atoms with van der Waals surface area (Å²) >= 11 is 6.13. The molecule has 0 fully saturated rings. The summed E-state index contributed by atoms with van der Waals surface area (Å²) in [5, 5.41) is 9.00. The van der Waals surface area contributed by atoms with Crippen LogP contribution in [0.15, 0.2) is 12.1 Å². The minimum absolute atomic E-state index is 0.0939. The van der Waals surface area contributed by atoms with Gasteiger partial charge in [-0.2, -0.15) is 0 Å². The van der Waals surface area contributed by atoms with Gasteiger partial charge in [0.25, 0.3) is 0 Å². The van der Waals surface area contributed by atoms with Gasteiger partial charge < -0.3 is 14.6 Å². The topological polar surface area (TPSA) is 72.8 Å². The van der Waals surface area contributed by atoms with Gasteiger partial charge in [-0.15, -0.1) is 0 Å². The summed E-state index contributed by atoms with van der Waals surface area (Å²) in [5.74, 6) is -0.479. The van der Waals surface area contributed by atoms with Gasteiger partial charge in [-0.3, -0.25) is 9.59 Å². The van der Waals surface area contributed by atoms with Crippen molar-refractivity contribution >= 4 is 23.4 Å². The predicted octanol–water partition coefficient (Wildman–Crippen LogP) is 3.97. The molecule has 0 aliphatic carbocycles. The molecule has 122 valence electrons. The Balaban J connectivity index is 3.04. The molecule has 0 spiro atoms. The summed E-state index contributed by atoms with van der Waals surface area (Å²) in [4.78, 5) is 22.8. The van der Waals surface area contributed by atoms with E-state index < -0.39 is 5.97 Å². The molecule has 1 aromatic carbocycles. The first-order valence-electron chi connectivity index (χ1n) is 7.33. The van der Waals surface area contributed by atoms with Crippen molar-refractivity contribution in [1.82, 2.24) is 0 Å². The molecule has 0 amide bonds. The molecular weight excluding hydrogens is 308 g/mol. The molecule has 0 bridgehead atoms. The van der Waals surface area contributed by atoms with E-state index in [1.165, 1.54) is 6.07 Å². The van der Waals surface area contributed by atoms with Gasteiger partial charge >= 0.3 is 5.97 Å². The molecule has 0 atom stereocenters. The normalized spacial score (nSPS) is 10.3. The first-order chi connectivity index (χ1) is 10.5. The number of ether oxygens (including phenoxy) is 2. The van der Waals surface area contributed by atoms with Gasteiger partial charge in [0.2, 0.25) is 0 Å². The Hall–Kier alpha value is -1.75. The van der Waals surface area contributed by atoms with Crippen LogP contribution < -0.4 is 9.47 Å². The first kappa shape index (κ1) is 18.3. The van der Waals surface area contributed by atoms with Crippen molar-refractivity contribution < 1.29 is 24.2 Å².